The van der Waals surface area contributed by atoms with E-state index >= 15 is 0 Å². The summed E-state index contributed by atoms with van der Waals surface area (Å²) in [6.07, 6.45) is 3.41. The highest BCUT2D eigenvalue weighted by Gasteiger charge is 1.87. The largest absolute Gasteiger partial charge is 0.372 e. The fraction of sp³-hybridized carbons (Fsp3) is 0.500. The highest BCUT2D eigenvalue weighted by atomic mass is 15.0. The SMILES string of the molecule is CC.CNc1cncc(C)n1. The van der Waals surface area contributed by atoms with Gasteiger partial charge in [-0.15, -0.1) is 0 Å². The van der Waals surface area contributed by atoms with Crippen molar-refractivity contribution < 1.29 is 0 Å². The molecule has 1 rings (SSSR count). The van der Waals surface area contributed by atoms with E-state index in [2.05, 4.69) is 15.3 Å². The van der Waals surface area contributed by atoms with Crippen LogP contribution in [0.2, 0.25) is 0 Å². The van der Waals surface area contributed by atoms with Gasteiger partial charge in [-0.1, -0.05) is 13.8 Å². The van der Waals surface area contributed by atoms with Crippen LogP contribution < -0.4 is 5.32 Å². The third-order valence-electron chi connectivity index (χ3n) is 1.01. The summed E-state index contributed by atoms with van der Waals surface area (Å²) in [7, 11) is 1.82. The third kappa shape index (κ3) is 3.55. The molecule has 0 aliphatic carbocycles. The summed E-state index contributed by atoms with van der Waals surface area (Å²) in [5, 5.41) is 2.89. The molecule has 0 radical (unpaired) electrons. The predicted molar refractivity (Wildman–Crippen MR) is 47.7 cm³/mol. The number of aromatic nitrogens is 2. The highest BCUT2D eigenvalue weighted by Crippen LogP contribution is 1.97. The Morgan fingerprint density at radius 3 is 2.27 bits per heavy atom. The van der Waals surface area contributed by atoms with Gasteiger partial charge in [0.15, 0.2) is 0 Å². The smallest absolute Gasteiger partial charge is 0.144 e. The molecule has 1 heterocycles. The lowest BCUT2D eigenvalue weighted by Crippen LogP contribution is -1.93. The van der Waals surface area contributed by atoms with Crippen molar-refractivity contribution in [2.24, 2.45) is 0 Å². The van der Waals surface area contributed by atoms with Crippen molar-refractivity contribution in [1.82, 2.24) is 9.97 Å². The molecule has 0 saturated carbocycles. The standard InChI is InChI=1S/C6H9N3.C2H6/c1-5-3-8-4-6(7-2)9-5;1-2/h3-4H,1-2H3,(H,7,9);1-2H3. The van der Waals surface area contributed by atoms with Crippen molar-refractivity contribution in [2.75, 3.05) is 12.4 Å². The molecule has 0 unspecified atom stereocenters. The monoisotopic (exact) mass is 153 g/mol. The molecular formula is C8H15N3. The predicted octanol–water partition coefficient (Wildman–Crippen LogP) is 1.85. The molecule has 1 aromatic rings. The molecule has 3 nitrogen and oxygen atoms in total. The van der Waals surface area contributed by atoms with Crippen LogP contribution in [0.5, 0.6) is 0 Å². The van der Waals surface area contributed by atoms with Gasteiger partial charge in [0.05, 0.1) is 11.9 Å². The summed E-state index contributed by atoms with van der Waals surface area (Å²) in [5.41, 5.74) is 0.932. The van der Waals surface area contributed by atoms with Crippen molar-refractivity contribution in [2.45, 2.75) is 20.8 Å². The Kier molecular flexibility index (Phi) is 5.07. The maximum absolute atomic E-state index is 4.12. The molecule has 0 saturated heterocycles. The normalized spacial score (nSPS) is 8.00. The zero-order valence-electron chi connectivity index (χ0n) is 7.55. The molecule has 0 aliphatic rings. The van der Waals surface area contributed by atoms with Gasteiger partial charge in [-0.25, -0.2) is 4.98 Å². The van der Waals surface area contributed by atoms with E-state index in [0.717, 1.165) is 11.5 Å². The average Bonchev–Trinajstić information content (AvgIpc) is 2.08. The van der Waals surface area contributed by atoms with Crippen LogP contribution in [0.3, 0.4) is 0 Å². The van der Waals surface area contributed by atoms with E-state index in [-0.39, 0.29) is 0 Å². The zero-order valence-corrected chi connectivity index (χ0v) is 7.55. The summed E-state index contributed by atoms with van der Waals surface area (Å²) >= 11 is 0. The molecular weight excluding hydrogens is 138 g/mol. The number of hydrogen-bond donors (Lipinski definition) is 1. The van der Waals surface area contributed by atoms with Gasteiger partial charge in [0.25, 0.3) is 0 Å². The van der Waals surface area contributed by atoms with Gasteiger partial charge in [-0.3, -0.25) is 4.98 Å². The Bertz CT molecular complexity index is 198. The van der Waals surface area contributed by atoms with Crippen LogP contribution in [-0.2, 0) is 0 Å². The molecule has 0 aliphatic heterocycles. The lowest BCUT2D eigenvalue weighted by atomic mass is 10.5. The third-order valence-corrected chi connectivity index (χ3v) is 1.01. The summed E-state index contributed by atoms with van der Waals surface area (Å²) in [6, 6.07) is 0. The van der Waals surface area contributed by atoms with E-state index in [0.29, 0.717) is 0 Å². The lowest BCUT2D eigenvalue weighted by Gasteiger charge is -1.96. The van der Waals surface area contributed by atoms with Crippen LogP contribution in [0.1, 0.15) is 19.5 Å². The Morgan fingerprint density at radius 2 is 1.91 bits per heavy atom. The average molecular weight is 153 g/mol. The van der Waals surface area contributed by atoms with Crippen molar-refractivity contribution in [3.05, 3.63) is 18.1 Å². The van der Waals surface area contributed by atoms with E-state index in [9.17, 15) is 0 Å². The van der Waals surface area contributed by atoms with Crippen LogP contribution in [-0.4, -0.2) is 17.0 Å². The highest BCUT2D eigenvalue weighted by molar-refractivity contribution is 5.29. The van der Waals surface area contributed by atoms with Gasteiger partial charge in [0.1, 0.15) is 5.82 Å². The quantitative estimate of drug-likeness (QED) is 0.669. The second-order valence-corrected chi connectivity index (χ2v) is 1.80. The maximum Gasteiger partial charge on any atom is 0.144 e. The number of nitrogens with one attached hydrogen (secondary N) is 1. The fourth-order valence-electron chi connectivity index (χ4n) is 0.584. The first-order chi connectivity index (χ1) is 5.33. The zero-order chi connectivity index (χ0) is 8.69. The van der Waals surface area contributed by atoms with Gasteiger partial charge in [0.2, 0.25) is 0 Å². The molecule has 0 amide bonds. The second kappa shape index (κ2) is 5.65. The molecule has 0 bridgehead atoms. The van der Waals surface area contributed by atoms with Crippen molar-refractivity contribution in [1.29, 1.82) is 0 Å². The number of nitrogens with zero attached hydrogens (tertiary/aromatic N) is 2. The van der Waals surface area contributed by atoms with E-state index < -0.39 is 0 Å². The minimum absolute atomic E-state index is 0.815. The van der Waals surface area contributed by atoms with Crippen LogP contribution in [0.4, 0.5) is 5.82 Å². The number of aryl methyl sites for hydroxylation is 1. The molecule has 1 N–H and O–H groups in total. The first kappa shape index (κ1) is 9.88. The Hall–Kier alpha value is -1.12. The van der Waals surface area contributed by atoms with Gasteiger partial charge in [0, 0.05) is 13.2 Å². The Morgan fingerprint density at radius 1 is 1.27 bits per heavy atom. The topological polar surface area (TPSA) is 37.8 Å². The van der Waals surface area contributed by atoms with E-state index in [4.69, 9.17) is 0 Å². The van der Waals surface area contributed by atoms with E-state index in [1.165, 1.54) is 0 Å². The van der Waals surface area contributed by atoms with Crippen molar-refractivity contribution >= 4 is 5.82 Å². The van der Waals surface area contributed by atoms with Gasteiger partial charge < -0.3 is 5.32 Å². The Balaban J connectivity index is 0.000000461. The summed E-state index contributed by atoms with van der Waals surface area (Å²) < 4.78 is 0. The van der Waals surface area contributed by atoms with Crippen LogP contribution in [0, 0.1) is 6.92 Å². The first-order valence-electron chi connectivity index (χ1n) is 3.79. The molecule has 0 atom stereocenters. The Labute approximate surface area is 67.9 Å². The molecule has 3 heteroatoms. The number of rotatable bonds is 1. The lowest BCUT2D eigenvalue weighted by molar-refractivity contribution is 1.11. The molecule has 0 fully saturated rings. The first-order valence-corrected chi connectivity index (χ1v) is 3.79. The molecule has 1 aromatic heterocycles. The number of anilines is 1. The van der Waals surface area contributed by atoms with Crippen LogP contribution in [0.25, 0.3) is 0 Å². The minimum Gasteiger partial charge on any atom is -0.372 e. The van der Waals surface area contributed by atoms with Crippen molar-refractivity contribution in [3.8, 4) is 0 Å². The fourth-order valence-corrected chi connectivity index (χ4v) is 0.584. The second-order valence-electron chi connectivity index (χ2n) is 1.80. The van der Waals surface area contributed by atoms with Gasteiger partial charge in [-0.2, -0.15) is 0 Å². The molecule has 0 aromatic carbocycles. The van der Waals surface area contributed by atoms with Gasteiger partial charge >= 0.3 is 0 Å². The van der Waals surface area contributed by atoms with Crippen LogP contribution >= 0.6 is 0 Å². The van der Waals surface area contributed by atoms with Gasteiger partial charge in [-0.05, 0) is 6.92 Å². The molecule has 62 valence electrons. The van der Waals surface area contributed by atoms with Crippen molar-refractivity contribution in [3.63, 3.8) is 0 Å². The summed E-state index contributed by atoms with van der Waals surface area (Å²) in [6.45, 7) is 5.91. The summed E-state index contributed by atoms with van der Waals surface area (Å²) in [4.78, 5) is 8.05. The van der Waals surface area contributed by atoms with E-state index in [1.807, 2.05) is 27.8 Å². The summed E-state index contributed by atoms with van der Waals surface area (Å²) in [5.74, 6) is 0.815. The molecule has 0 spiro atoms. The maximum atomic E-state index is 4.12. The van der Waals surface area contributed by atoms with Crippen LogP contribution in [0.15, 0.2) is 12.4 Å². The number of hydrogen-bond acceptors (Lipinski definition) is 3. The molecule has 11 heavy (non-hydrogen) atoms. The minimum atomic E-state index is 0.815. The van der Waals surface area contributed by atoms with E-state index in [1.54, 1.807) is 12.4 Å².